The number of fused-ring (bicyclic) bond motifs is 2. The first-order valence-corrected chi connectivity index (χ1v) is 16.9. The monoisotopic (exact) mass is 766 g/mol. The molecular formula is C34H30ClF3N10O6. The van der Waals surface area contributed by atoms with Crippen LogP contribution in [0.25, 0.3) is 28.3 Å². The van der Waals surface area contributed by atoms with Gasteiger partial charge >= 0.3 is 11.9 Å². The molecule has 2 aromatic carbocycles. The van der Waals surface area contributed by atoms with Crippen molar-refractivity contribution in [1.29, 1.82) is 0 Å². The molecule has 6 aromatic rings. The summed E-state index contributed by atoms with van der Waals surface area (Å²) in [5.74, 6) is -2.02. The van der Waals surface area contributed by atoms with Gasteiger partial charge in [0.15, 0.2) is 22.9 Å². The normalized spacial score (nSPS) is 13.6. The molecule has 54 heavy (non-hydrogen) atoms. The number of piperazine rings is 1. The predicted molar refractivity (Wildman–Crippen MR) is 189 cm³/mol. The number of anilines is 2. The van der Waals surface area contributed by atoms with Crippen LogP contribution in [-0.2, 0) is 31.0 Å². The lowest BCUT2D eigenvalue weighted by Gasteiger charge is -2.36. The van der Waals surface area contributed by atoms with Gasteiger partial charge in [0.2, 0.25) is 11.7 Å². The summed E-state index contributed by atoms with van der Waals surface area (Å²) in [7, 11) is 1.55. The third-order valence-electron chi connectivity index (χ3n) is 9.17. The maximum absolute atomic E-state index is 14.3. The van der Waals surface area contributed by atoms with E-state index in [0.717, 1.165) is 16.6 Å². The van der Waals surface area contributed by atoms with E-state index in [2.05, 4.69) is 25.4 Å². The predicted octanol–water partition coefficient (Wildman–Crippen LogP) is 3.64. The first-order chi connectivity index (χ1) is 25.7. The first-order valence-electron chi connectivity index (χ1n) is 16.5. The van der Waals surface area contributed by atoms with E-state index in [-0.39, 0.29) is 83.3 Å². The van der Waals surface area contributed by atoms with Crippen molar-refractivity contribution < 1.29 is 32.3 Å². The second-order valence-electron chi connectivity index (χ2n) is 12.5. The number of aromatic hydroxyl groups is 1. The molecule has 0 bridgehead atoms. The zero-order valence-electron chi connectivity index (χ0n) is 28.8. The summed E-state index contributed by atoms with van der Waals surface area (Å²) < 4.78 is 48.9. The summed E-state index contributed by atoms with van der Waals surface area (Å²) in [6.07, 6.45) is -3.23. The van der Waals surface area contributed by atoms with E-state index in [9.17, 15) is 37.5 Å². The smallest absolute Gasteiger partial charge is 0.419 e. The number of nitrogens with one attached hydrogen (secondary N) is 1. The van der Waals surface area contributed by atoms with Crippen LogP contribution in [0.4, 0.5) is 24.5 Å². The number of hydrogen-bond acceptors (Lipinski definition) is 11. The molecule has 20 heteroatoms. The highest BCUT2D eigenvalue weighted by Gasteiger charge is 2.32. The second kappa shape index (κ2) is 13.6. The van der Waals surface area contributed by atoms with E-state index < -0.39 is 41.4 Å². The van der Waals surface area contributed by atoms with E-state index in [1.807, 2.05) is 0 Å². The standard InChI is InChI=1S/C34H30ClF3N10O6/c1-4-22-27(45-9-11-46(12-10-45)30(51)26-28(50)17(2)39-16-40-26)31(52)48-32(42-29(43-48)18-5-8-23-24(13-18)54-33(53)44(23)3)47(22)15-25(49)41-21-7-6-19(14-20(21)35)34(36,37)38/h5-8,13-14,16,50H,4,9-12,15H2,1-3H3,(H,41,49). The lowest BCUT2D eigenvalue weighted by Crippen LogP contribution is -2.51. The van der Waals surface area contributed by atoms with Gasteiger partial charge in [-0.15, -0.1) is 5.10 Å². The Morgan fingerprint density at radius 2 is 1.80 bits per heavy atom. The Balaban J connectivity index is 1.28. The maximum atomic E-state index is 14.3. The molecule has 16 nitrogen and oxygen atoms in total. The highest BCUT2D eigenvalue weighted by atomic mass is 35.5. The van der Waals surface area contributed by atoms with Crippen LogP contribution in [0.15, 0.2) is 56.7 Å². The van der Waals surface area contributed by atoms with Crippen molar-refractivity contribution >= 4 is 51.7 Å². The molecule has 1 saturated heterocycles. The molecule has 4 aromatic heterocycles. The molecule has 5 heterocycles. The average Bonchev–Trinajstić information content (AvgIpc) is 3.71. The van der Waals surface area contributed by atoms with Crippen LogP contribution in [-0.4, -0.2) is 81.7 Å². The summed E-state index contributed by atoms with van der Waals surface area (Å²) in [6.45, 7) is 3.54. The molecule has 0 spiro atoms. The average molecular weight is 767 g/mol. The van der Waals surface area contributed by atoms with Crippen molar-refractivity contribution in [1.82, 2.24) is 38.6 Å². The molecule has 1 fully saturated rings. The SMILES string of the molecule is CCc1c(N2CCN(C(=O)c3ncnc(C)c3O)CC2)c(=O)n2nc(-c3ccc4c(c3)oc(=O)n4C)nc2n1CC(=O)Nc1ccc(C(F)(F)F)cc1Cl. The largest absolute Gasteiger partial charge is 0.504 e. The third kappa shape index (κ3) is 6.39. The number of carbonyl (C=O) groups is 2. The van der Waals surface area contributed by atoms with Crippen LogP contribution in [0.1, 0.15) is 34.4 Å². The number of aromatic nitrogens is 7. The Kier molecular flexibility index (Phi) is 9.12. The lowest BCUT2D eigenvalue weighted by molar-refractivity contribution is -0.137. The van der Waals surface area contributed by atoms with Gasteiger partial charge in [-0.25, -0.2) is 14.8 Å². The number of oxazole rings is 1. The first kappa shape index (κ1) is 36.1. The fourth-order valence-corrected chi connectivity index (χ4v) is 6.58. The maximum Gasteiger partial charge on any atom is 0.419 e. The quantitative estimate of drug-likeness (QED) is 0.242. The summed E-state index contributed by atoms with van der Waals surface area (Å²) in [6, 6.07) is 7.39. The molecule has 7 rings (SSSR count). The molecule has 2 amide bonds. The van der Waals surface area contributed by atoms with Gasteiger partial charge in [0.05, 0.1) is 33.2 Å². The van der Waals surface area contributed by atoms with Gasteiger partial charge in [0.25, 0.3) is 11.5 Å². The number of hydrogen-bond donors (Lipinski definition) is 2. The Labute approximate surface area is 307 Å². The van der Waals surface area contributed by atoms with E-state index in [1.165, 1.54) is 20.4 Å². The Bertz CT molecular complexity index is 2610. The molecule has 1 aliphatic rings. The molecular weight excluding hydrogens is 737 g/mol. The van der Waals surface area contributed by atoms with Crippen molar-refractivity contribution in [3.63, 3.8) is 0 Å². The number of benzene rings is 2. The number of alkyl halides is 3. The minimum absolute atomic E-state index is 0.0118. The molecule has 0 atom stereocenters. The van der Waals surface area contributed by atoms with E-state index >= 15 is 0 Å². The van der Waals surface area contributed by atoms with Gasteiger partial charge in [0, 0.05) is 38.8 Å². The number of aryl methyl sites for hydroxylation is 2. The van der Waals surface area contributed by atoms with Crippen LogP contribution in [0.2, 0.25) is 5.02 Å². The van der Waals surface area contributed by atoms with E-state index in [1.54, 1.807) is 44.0 Å². The molecule has 1 aliphatic heterocycles. The third-order valence-corrected chi connectivity index (χ3v) is 9.49. The highest BCUT2D eigenvalue weighted by molar-refractivity contribution is 6.33. The van der Waals surface area contributed by atoms with E-state index in [4.69, 9.17) is 16.0 Å². The van der Waals surface area contributed by atoms with Gasteiger partial charge in [-0.1, -0.05) is 18.5 Å². The Hall–Kier alpha value is -6.24. The number of nitrogens with zero attached hydrogens (tertiary/aromatic N) is 9. The van der Waals surface area contributed by atoms with Crippen molar-refractivity contribution in [2.45, 2.75) is 33.0 Å². The minimum Gasteiger partial charge on any atom is -0.504 e. The fourth-order valence-electron chi connectivity index (χ4n) is 6.36. The van der Waals surface area contributed by atoms with Gasteiger partial charge in [-0.3, -0.25) is 19.0 Å². The Morgan fingerprint density at radius 3 is 2.48 bits per heavy atom. The van der Waals surface area contributed by atoms with Crippen molar-refractivity contribution in [2.24, 2.45) is 7.05 Å². The van der Waals surface area contributed by atoms with Crippen LogP contribution in [0.3, 0.4) is 0 Å². The van der Waals surface area contributed by atoms with E-state index in [0.29, 0.717) is 22.8 Å². The number of carbonyl (C=O) groups excluding carboxylic acids is 2. The summed E-state index contributed by atoms with van der Waals surface area (Å²) in [4.78, 5) is 69.0. The Morgan fingerprint density at radius 1 is 1.06 bits per heavy atom. The molecule has 0 radical (unpaired) electrons. The van der Waals surface area contributed by atoms with Crippen LogP contribution >= 0.6 is 11.6 Å². The lowest BCUT2D eigenvalue weighted by atomic mass is 10.2. The second-order valence-corrected chi connectivity index (χ2v) is 12.9. The minimum atomic E-state index is -4.64. The van der Waals surface area contributed by atoms with Crippen LogP contribution < -0.4 is 21.5 Å². The number of rotatable bonds is 7. The molecule has 280 valence electrons. The summed E-state index contributed by atoms with van der Waals surface area (Å²) >= 11 is 6.12. The van der Waals surface area contributed by atoms with Crippen LogP contribution in [0, 0.1) is 6.92 Å². The van der Waals surface area contributed by atoms with Crippen molar-refractivity contribution in [3.05, 3.63) is 91.3 Å². The number of halogens is 4. The number of amides is 2. The topological polar surface area (TPSA) is 186 Å². The molecule has 2 N–H and O–H groups in total. The highest BCUT2D eigenvalue weighted by Crippen LogP contribution is 2.34. The van der Waals surface area contributed by atoms with Crippen LogP contribution in [0.5, 0.6) is 5.75 Å². The summed E-state index contributed by atoms with van der Waals surface area (Å²) in [5, 5.41) is 17.1. The fraction of sp³-hybridized carbons (Fsp3) is 0.294. The van der Waals surface area contributed by atoms with Gasteiger partial charge < -0.3 is 29.2 Å². The summed E-state index contributed by atoms with van der Waals surface area (Å²) in [5.41, 5.74) is 0.276. The van der Waals surface area contributed by atoms with Gasteiger partial charge in [0.1, 0.15) is 18.6 Å². The molecule has 0 saturated carbocycles. The zero-order valence-corrected chi connectivity index (χ0v) is 29.6. The molecule has 0 unspecified atom stereocenters. The van der Waals surface area contributed by atoms with Gasteiger partial charge in [-0.2, -0.15) is 22.7 Å². The van der Waals surface area contributed by atoms with Crippen molar-refractivity contribution in [2.75, 3.05) is 36.4 Å². The van der Waals surface area contributed by atoms with Gasteiger partial charge in [-0.05, 0) is 49.7 Å². The molecule has 0 aliphatic carbocycles. The zero-order chi connectivity index (χ0) is 38.6. The van der Waals surface area contributed by atoms with Crippen molar-refractivity contribution in [3.8, 4) is 17.1 Å².